The highest BCUT2D eigenvalue weighted by Gasteiger charge is 2.41. The van der Waals surface area contributed by atoms with Crippen LogP contribution in [0.5, 0.6) is 5.75 Å². The zero-order chi connectivity index (χ0) is 17.3. The maximum Gasteiger partial charge on any atom is 0.270 e. The topological polar surface area (TPSA) is 64.8 Å². The predicted octanol–water partition coefficient (Wildman–Crippen LogP) is 2.46. The molecular weight excluding hydrogens is 292 g/mol. The number of hydrogen-bond donors (Lipinski definition) is 1. The molecule has 1 aromatic rings. The van der Waals surface area contributed by atoms with Crippen LogP contribution < -0.4 is 15.4 Å². The number of nitrogens with zero attached hydrogens (tertiary/aromatic N) is 1. The summed E-state index contributed by atoms with van der Waals surface area (Å²) in [6.07, 6.45) is 0. The summed E-state index contributed by atoms with van der Waals surface area (Å²) in [6.45, 7) is 12.0. The third kappa shape index (κ3) is 3.85. The molecule has 1 aromatic carbocycles. The van der Waals surface area contributed by atoms with Crippen LogP contribution in [0.1, 0.15) is 40.2 Å². The summed E-state index contributed by atoms with van der Waals surface area (Å²) in [5.74, 6) is 0.689. The van der Waals surface area contributed by atoms with Gasteiger partial charge < -0.3 is 20.1 Å². The van der Waals surface area contributed by atoms with Gasteiger partial charge in [-0.3, -0.25) is 4.79 Å². The lowest BCUT2D eigenvalue weighted by Crippen LogP contribution is -2.53. The molecule has 0 saturated heterocycles. The van der Waals surface area contributed by atoms with Crippen molar-refractivity contribution in [1.29, 1.82) is 0 Å². The molecule has 0 fully saturated rings. The summed E-state index contributed by atoms with van der Waals surface area (Å²) in [7, 11) is 0. The van der Waals surface area contributed by atoms with Gasteiger partial charge in [-0.2, -0.15) is 0 Å². The van der Waals surface area contributed by atoms with Crippen molar-refractivity contribution in [2.45, 2.75) is 45.6 Å². The largest absolute Gasteiger partial charge is 0.476 e. The fourth-order valence-electron chi connectivity index (χ4n) is 2.60. The van der Waals surface area contributed by atoms with Gasteiger partial charge in [-0.05, 0) is 37.0 Å². The van der Waals surface area contributed by atoms with Gasteiger partial charge in [0.2, 0.25) is 0 Å². The maximum absolute atomic E-state index is 12.8. The molecule has 5 nitrogen and oxygen atoms in total. The van der Waals surface area contributed by atoms with Crippen LogP contribution in [0.4, 0.5) is 5.69 Å². The lowest BCUT2D eigenvalue weighted by Gasteiger charge is -2.39. The molecule has 2 rings (SSSR count). The Kier molecular flexibility index (Phi) is 5.01. The van der Waals surface area contributed by atoms with Crippen LogP contribution in [0.15, 0.2) is 18.2 Å². The van der Waals surface area contributed by atoms with Gasteiger partial charge in [-0.1, -0.05) is 26.8 Å². The van der Waals surface area contributed by atoms with Crippen molar-refractivity contribution in [3.63, 3.8) is 0 Å². The molecule has 0 aliphatic carbocycles. The highest BCUT2D eigenvalue weighted by atomic mass is 16.5. The minimum absolute atomic E-state index is 0.00671. The molecular formula is C18H28N2O3. The Labute approximate surface area is 138 Å². The summed E-state index contributed by atoms with van der Waals surface area (Å²) >= 11 is 0. The zero-order valence-electron chi connectivity index (χ0n) is 14.8. The number of hydrogen-bond acceptors (Lipinski definition) is 4. The van der Waals surface area contributed by atoms with Gasteiger partial charge >= 0.3 is 0 Å². The van der Waals surface area contributed by atoms with E-state index in [2.05, 4.69) is 26.8 Å². The second kappa shape index (κ2) is 6.49. The molecule has 1 aliphatic heterocycles. The molecule has 5 heteroatoms. The third-order valence-corrected chi connectivity index (χ3v) is 3.96. The minimum atomic E-state index is -0.871. The Morgan fingerprint density at radius 1 is 1.26 bits per heavy atom. The summed E-state index contributed by atoms with van der Waals surface area (Å²) in [4.78, 5) is 14.5. The molecule has 0 saturated carbocycles. The monoisotopic (exact) mass is 320 g/mol. The molecule has 0 aromatic heterocycles. The first kappa shape index (κ1) is 17.8. The smallest absolute Gasteiger partial charge is 0.270 e. The van der Waals surface area contributed by atoms with Gasteiger partial charge in [0.15, 0.2) is 5.60 Å². The Morgan fingerprint density at radius 3 is 2.57 bits per heavy atom. The molecule has 1 heterocycles. The molecule has 1 amide bonds. The summed E-state index contributed by atoms with van der Waals surface area (Å²) in [5.41, 5.74) is 6.56. The number of carbonyl (C=O) groups excluding carboxylic acids is 1. The molecule has 0 bridgehead atoms. The fraction of sp³-hybridized carbons (Fsp3) is 0.611. The van der Waals surface area contributed by atoms with E-state index in [4.69, 9.17) is 15.2 Å². The second-order valence-electron chi connectivity index (χ2n) is 7.40. The van der Waals surface area contributed by atoms with Gasteiger partial charge in [0.05, 0.1) is 18.9 Å². The Hall–Kier alpha value is -1.59. The van der Waals surface area contributed by atoms with E-state index in [1.165, 1.54) is 5.56 Å². The standard InChI is InChI=1S/C18H28N2O3/c1-17(2,3)13-6-7-15-14(12-13)20(9-11-22-10-8-19)16(21)18(4,5)23-15/h6-7,12H,8-11,19H2,1-5H3. The van der Waals surface area contributed by atoms with Gasteiger partial charge in [0.25, 0.3) is 5.91 Å². The SMILES string of the molecule is CC1(C)Oc2ccc(C(C)(C)C)cc2N(CCOCCN)C1=O. The van der Waals surface area contributed by atoms with Crippen molar-refractivity contribution in [2.75, 3.05) is 31.2 Å². The van der Waals surface area contributed by atoms with Crippen molar-refractivity contribution in [3.8, 4) is 5.75 Å². The van der Waals surface area contributed by atoms with Gasteiger partial charge in [0.1, 0.15) is 5.75 Å². The Morgan fingerprint density at radius 2 is 1.96 bits per heavy atom. The lowest BCUT2D eigenvalue weighted by molar-refractivity contribution is -0.132. The van der Waals surface area contributed by atoms with E-state index in [1.807, 2.05) is 12.1 Å². The number of amides is 1. The average Bonchev–Trinajstić information content (AvgIpc) is 2.45. The first-order valence-electron chi connectivity index (χ1n) is 8.10. The van der Waals surface area contributed by atoms with Crippen molar-refractivity contribution in [2.24, 2.45) is 5.73 Å². The number of anilines is 1. The minimum Gasteiger partial charge on any atom is -0.476 e. The second-order valence-corrected chi connectivity index (χ2v) is 7.40. The van der Waals surface area contributed by atoms with Crippen molar-refractivity contribution in [1.82, 2.24) is 0 Å². The van der Waals surface area contributed by atoms with Crippen LogP contribution in [0.3, 0.4) is 0 Å². The van der Waals surface area contributed by atoms with E-state index in [0.717, 1.165) is 11.4 Å². The number of fused-ring (bicyclic) bond motifs is 1. The molecule has 0 unspecified atom stereocenters. The highest BCUT2D eigenvalue weighted by Crippen LogP contribution is 2.40. The first-order valence-corrected chi connectivity index (χ1v) is 8.10. The van der Waals surface area contributed by atoms with Gasteiger partial charge in [-0.15, -0.1) is 0 Å². The highest BCUT2D eigenvalue weighted by molar-refractivity contribution is 6.02. The number of ether oxygens (including phenoxy) is 2. The van der Waals surface area contributed by atoms with Crippen molar-refractivity contribution in [3.05, 3.63) is 23.8 Å². The van der Waals surface area contributed by atoms with Gasteiger partial charge in [0, 0.05) is 13.1 Å². The van der Waals surface area contributed by atoms with Crippen LogP contribution in [0, 0.1) is 0 Å². The Balaban J connectivity index is 2.34. The summed E-state index contributed by atoms with van der Waals surface area (Å²) in [6, 6.07) is 6.07. The molecule has 0 atom stereocenters. The normalized spacial score (nSPS) is 17.0. The molecule has 1 aliphatic rings. The van der Waals surface area contributed by atoms with Crippen LogP contribution >= 0.6 is 0 Å². The molecule has 128 valence electrons. The van der Waals surface area contributed by atoms with Crippen LogP contribution in [-0.2, 0) is 14.9 Å². The third-order valence-electron chi connectivity index (χ3n) is 3.96. The van der Waals surface area contributed by atoms with E-state index in [9.17, 15) is 4.79 Å². The van der Waals surface area contributed by atoms with Crippen LogP contribution in [0.2, 0.25) is 0 Å². The van der Waals surface area contributed by atoms with E-state index >= 15 is 0 Å². The van der Waals surface area contributed by atoms with Crippen LogP contribution in [-0.4, -0.2) is 37.8 Å². The van der Waals surface area contributed by atoms with Crippen molar-refractivity contribution >= 4 is 11.6 Å². The molecule has 23 heavy (non-hydrogen) atoms. The lowest BCUT2D eigenvalue weighted by atomic mass is 9.86. The number of benzene rings is 1. The van der Waals surface area contributed by atoms with Crippen LogP contribution in [0.25, 0.3) is 0 Å². The zero-order valence-corrected chi connectivity index (χ0v) is 14.8. The summed E-state index contributed by atoms with van der Waals surface area (Å²) in [5, 5.41) is 0. The maximum atomic E-state index is 12.8. The quantitative estimate of drug-likeness (QED) is 0.847. The first-order chi connectivity index (χ1) is 10.7. The number of rotatable bonds is 5. The van der Waals surface area contributed by atoms with Gasteiger partial charge in [-0.25, -0.2) is 0 Å². The Bertz CT molecular complexity index is 576. The fourth-order valence-corrected chi connectivity index (χ4v) is 2.60. The van der Waals surface area contributed by atoms with E-state index < -0.39 is 5.60 Å². The average molecular weight is 320 g/mol. The van der Waals surface area contributed by atoms with E-state index in [0.29, 0.717) is 26.3 Å². The molecule has 2 N–H and O–H groups in total. The number of carbonyl (C=O) groups is 1. The van der Waals surface area contributed by atoms with E-state index in [1.54, 1.807) is 18.7 Å². The summed E-state index contributed by atoms with van der Waals surface area (Å²) < 4.78 is 11.4. The van der Waals surface area contributed by atoms with E-state index in [-0.39, 0.29) is 11.3 Å². The number of nitrogens with two attached hydrogens (primary N) is 1. The predicted molar refractivity (Wildman–Crippen MR) is 92.1 cm³/mol. The molecule has 0 spiro atoms. The van der Waals surface area contributed by atoms with Crippen molar-refractivity contribution < 1.29 is 14.3 Å². The molecule has 0 radical (unpaired) electrons.